The van der Waals surface area contributed by atoms with Crippen molar-refractivity contribution in [2.75, 3.05) is 0 Å². The molecule has 0 bridgehead atoms. The molecule has 0 spiro atoms. The number of rotatable bonds is 4. The molecular formula is C13H12ClNO2S. The van der Waals surface area contributed by atoms with E-state index in [-0.39, 0.29) is 6.42 Å². The molecule has 0 radical (unpaired) electrons. The summed E-state index contributed by atoms with van der Waals surface area (Å²) < 4.78 is 0. The standard InChI is InChI=1S/C13H12ClNO2S/c14-11-3-1-2-10(6-11)13(15,12(16)17)7-9-4-5-18-8-9/h1-6,8H,7,15H2,(H,16,17). The second-order valence-electron chi connectivity index (χ2n) is 4.10. The van der Waals surface area contributed by atoms with E-state index < -0.39 is 11.5 Å². The molecule has 18 heavy (non-hydrogen) atoms. The van der Waals surface area contributed by atoms with Crippen molar-refractivity contribution >= 4 is 28.9 Å². The number of nitrogens with two attached hydrogens (primary N) is 1. The van der Waals surface area contributed by atoms with Crippen LogP contribution in [0.1, 0.15) is 11.1 Å². The van der Waals surface area contributed by atoms with Crippen LogP contribution >= 0.6 is 22.9 Å². The fourth-order valence-corrected chi connectivity index (χ4v) is 2.64. The molecule has 1 heterocycles. The van der Waals surface area contributed by atoms with Crippen LogP contribution in [0.2, 0.25) is 5.02 Å². The van der Waals surface area contributed by atoms with Gasteiger partial charge in [-0.3, -0.25) is 0 Å². The first kappa shape index (κ1) is 13.1. The van der Waals surface area contributed by atoms with Crippen molar-refractivity contribution in [3.05, 3.63) is 57.2 Å². The highest BCUT2D eigenvalue weighted by atomic mass is 35.5. The third-order valence-electron chi connectivity index (χ3n) is 2.78. The molecule has 0 amide bonds. The Kier molecular flexibility index (Phi) is 3.71. The second kappa shape index (κ2) is 5.10. The van der Waals surface area contributed by atoms with E-state index in [9.17, 15) is 9.90 Å². The molecule has 3 N–H and O–H groups in total. The van der Waals surface area contributed by atoms with Crippen LogP contribution in [0.3, 0.4) is 0 Å². The topological polar surface area (TPSA) is 63.3 Å². The van der Waals surface area contributed by atoms with Gasteiger partial charge in [-0.15, -0.1) is 0 Å². The normalized spacial score (nSPS) is 14.1. The number of carboxylic acids is 1. The van der Waals surface area contributed by atoms with Crippen molar-refractivity contribution in [2.24, 2.45) is 5.73 Å². The van der Waals surface area contributed by atoms with Gasteiger partial charge in [-0.25, -0.2) is 4.79 Å². The summed E-state index contributed by atoms with van der Waals surface area (Å²) in [6.07, 6.45) is 0.242. The Labute approximate surface area is 114 Å². The predicted octanol–water partition coefficient (Wildman–Crippen LogP) is 2.88. The highest BCUT2D eigenvalue weighted by Crippen LogP contribution is 2.26. The molecule has 2 aromatic rings. The lowest BCUT2D eigenvalue weighted by molar-refractivity contribution is -0.143. The van der Waals surface area contributed by atoms with Gasteiger partial charge in [0.2, 0.25) is 0 Å². The predicted molar refractivity (Wildman–Crippen MR) is 73.0 cm³/mol. The van der Waals surface area contributed by atoms with Gasteiger partial charge in [0, 0.05) is 11.4 Å². The van der Waals surface area contributed by atoms with Gasteiger partial charge in [-0.2, -0.15) is 11.3 Å². The lowest BCUT2D eigenvalue weighted by Crippen LogP contribution is -2.46. The molecule has 3 nitrogen and oxygen atoms in total. The molecule has 1 unspecified atom stereocenters. The lowest BCUT2D eigenvalue weighted by atomic mass is 9.85. The van der Waals surface area contributed by atoms with Crippen molar-refractivity contribution in [3.8, 4) is 0 Å². The Bertz CT molecular complexity index is 556. The summed E-state index contributed by atoms with van der Waals surface area (Å²) in [4.78, 5) is 11.5. The number of thiophene rings is 1. The first-order valence-corrected chi connectivity index (χ1v) is 6.64. The van der Waals surface area contributed by atoms with Crippen molar-refractivity contribution in [2.45, 2.75) is 12.0 Å². The van der Waals surface area contributed by atoms with Gasteiger partial charge in [-0.05, 0) is 40.1 Å². The average molecular weight is 282 g/mol. The fourth-order valence-electron chi connectivity index (χ4n) is 1.78. The zero-order valence-corrected chi connectivity index (χ0v) is 11.0. The van der Waals surface area contributed by atoms with E-state index in [1.165, 1.54) is 11.3 Å². The van der Waals surface area contributed by atoms with Crippen molar-refractivity contribution in [3.63, 3.8) is 0 Å². The first-order chi connectivity index (χ1) is 8.52. The van der Waals surface area contributed by atoms with E-state index in [0.29, 0.717) is 10.6 Å². The van der Waals surface area contributed by atoms with E-state index in [4.69, 9.17) is 17.3 Å². The summed E-state index contributed by atoms with van der Waals surface area (Å²) >= 11 is 7.41. The van der Waals surface area contributed by atoms with E-state index in [1.807, 2.05) is 16.8 Å². The molecule has 5 heteroatoms. The van der Waals surface area contributed by atoms with Crippen LogP contribution in [0.25, 0.3) is 0 Å². The Morgan fingerprint density at radius 2 is 2.22 bits per heavy atom. The molecular weight excluding hydrogens is 270 g/mol. The van der Waals surface area contributed by atoms with Gasteiger partial charge in [-0.1, -0.05) is 23.7 Å². The Morgan fingerprint density at radius 3 is 2.78 bits per heavy atom. The molecule has 1 aromatic carbocycles. The highest BCUT2D eigenvalue weighted by Gasteiger charge is 2.36. The van der Waals surface area contributed by atoms with Gasteiger partial charge in [0.15, 0.2) is 0 Å². The average Bonchev–Trinajstić information content (AvgIpc) is 2.81. The number of aliphatic carboxylic acids is 1. The molecule has 1 aromatic heterocycles. The maximum atomic E-state index is 11.5. The van der Waals surface area contributed by atoms with Crippen molar-refractivity contribution in [1.29, 1.82) is 0 Å². The minimum atomic E-state index is -1.45. The van der Waals surface area contributed by atoms with Crippen LogP contribution in [-0.2, 0) is 16.8 Å². The van der Waals surface area contributed by atoms with E-state index in [1.54, 1.807) is 24.3 Å². The Hall–Kier alpha value is -1.36. The van der Waals surface area contributed by atoms with Crippen LogP contribution in [0.4, 0.5) is 0 Å². The van der Waals surface area contributed by atoms with Crippen LogP contribution in [0.15, 0.2) is 41.1 Å². The molecule has 94 valence electrons. The Balaban J connectivity index is 2.41. The van der Waals surface area contributed by atoms with E-state index in [0.717, 1.165) is 5.56 Å². The van der Waals surface area contributed by atoms with E-state index >= 15 is 0 Å². The first-order valence-electron chi connectivity index (χ1n) is 5.32. The molecule has 1 atom stereocenters. The summed E-state index contributed by atoms with van der Waals surface area (Å²) in [5, 5.41) is 13.7. The smallest absolute Gasteiger partial charge is 0.328 e. The lowest BCUT2D eigenvalue weighted by Gasteiger charge is -2.25. The maximum Gasteiger partial charge on any atom is 0.328 e. The minimum absolute atomic E-state index is 0.242. The van der Waals surface area contributed by atoms with Crippen LogP contribution in [0.5, 0.6) is 0 Å². The van der Waals surface area contributed by atoms with Crippen molar-refractivity contribution in [1.82, 2.24) is 0 Å². The number of benzene rings is 1. The number of hydrogen-bond acceptors (Lipinski definition) is 3. The molecule has 0 fully saturated rings. The van der Waals surface area contributed by atoms with Crippen LogP contribution in [-0.4, -0.2) is 11.1 Å². The summed E-state index contributed by atoms with van der Waals surface area (Å²) in [7, 11) is 0. The van der Waals surface area contributed by atoms with Gasteiger partial charge in [0.1, 0.15) is 5.54 Å². The fraction of sp³-hybridized carbons (Fsp3) is 0.154. The number of carbonyl (C=O) groups is 1. The van der Waals surface area contributed by atoms with Gasteiger partial charge in [0.25, 0.3) is 0 Å². The zero-order valence-electron chi connectivity index (χ0n) is 9.47. The third kappa shape index (κ3) is 2.56. The Morgan fingerprint density at radius 1 is 1.44 bits per heavy atom. The zero-order chi connectivity index (χ0) is 13.2. The summed E-state index contributed by atoms with van der Waals surface area (Å²) in [6, 6.07) is 8.56. The molecule has 0 aliphatic heterocycles. The minimum Gasteiger partial charge on any atom is -0.480 e. The second-order valence-corrected chi connectivity index (χ2v) is 5.31. The maximum absolute atomic E-state index is 11.5. The summed E-state index contributed by atoms with van der Waals surface area (Å²) in [5.41, 5.74) is 6.03. The van der Waals surface area contributed by atoms with Crippen molar-refractivity contribution < 1.29 is 9.90 Å². The molecule has 0 aliphatic carbocycles. The number of hydrogen-bond donors (Lipinski definition) is 2. The largest absolute Gasteiger partial charge is 0.480 e. The molecule has 0 saturated heterocycles. The van der Waals surface area contributed by atoms with E-state index in [2.05, 4.69) is 0 Å². The molecule has 2 rings (SSSR count). The van der Waals surface area contributed by atoms with Crippen LogP contribution < -0.4 is 5.73 Å². The van der Waals surface area contributed by atoms with Gasteiger partial charge < -0.3 is 10.8 Å². The summed E-state index contributed by atoms with van der Waals surface area (Å²) in [5.74, 6) is -1.06. The SMILES string of the molecule is NC(Cc1ccsc1)(C(=O)O)c1cccc(Cl)c1. The van der Waals surface area contributed by atoms with Gasteiger partial charge in [0.05, 0.1) is 0 Å². The monoisotopic (exact) mass is 281 g/mol. The molecule has 0 saturated carbocycles. The summed E-state index contributed by atoms with van der Waals surface area (Å²) in [6.45, 7) is 0. The third-order valence-corrected chi connectivity index (χ3v) is 3.75. The number of halogens is 1. The number of carboxylic acid groups (broad SMARTS) is 1. The highest BCUT2D eigenvalue weighted by molar-refractivity contribution is 7.07. The van der Waals surface area contributed by atoms with Gasteiger partial charge >= 0.3 is 5.97 Å². The molecule has 0 aliphatic rings. The van der Waals surface area contributed by atoms with Crippen LogP contribution in [0, 0.1) is 0 Å². The quantitative estimate of drug-likeness (QED) is 0.906.